The summed E-state index contributed by atoms with van der Waals surface area (Å²) in [5.74, 6) is -0.956. The smallest absolute Gasteiger partial charge is 0.328 e. The molecule has 19 heavy (non-hydrogen) atoms. The average Bonchev–Trinajstić information content (AvgIpc) is 2.63. The molecule has 0 aliphatic carbocycles. The topological polar surface area (TPSA) is 42.2 Å². The van der Waals surface area contributed by atoms with Crippen molar-refractivity contribution in [2.24, 2.45) is 0 Å². The third-order valence-corrected chi connectivity index (χ3v) is 3.29. The number of aromatic nitrogens is 1. The van der Waals surface area contributed by atoms with Gasteiger partial charge in [-0.3, -0.25) is 0 Å². The van der Waals surface area contributed by atoms with Crippen molar-refractivity contribution in [2.45, 2.75) is 13.8 Å². The summed E-state index contributed by atoms with van der Waals surface area (Å²) in [6, 6.07) is 9.52. The Morgan fingerprint density at radius 2 is 2.00 bits per heavy atom. The largest absolute Gasteiger partial charge is 0.478 e. The number of aliphatic carboxylic acids is 1. The molecule has 0 unspecified atom stereocenters. The van der Waals surface area contributed by atoms with Crippen LogP contribution in [0.15, 0.2) is 36.4 Å². The SMILES string of the molecule is Cc1cc(/C=C/C(=O)O)c(C)n1-c1ccccc1Cl. The Labute approximate surface area is 116 Å². The van der Waals surface area contributed by atoms with Crippen molar-refractivity contribution in [3.8, 4) is 5.69 Å². The van der Waals surface area contributed by atoms with E-state index in [0.29, 0.717) is 5.02 Å². The molecule has 0 fully saturated rings. The molecule has 0 amide bonds. The lowest BCUT2D eigenvalue weighted by atomic mass is 10.2. The molecule has 98 valence electrons. The number of carboxylic acids is 1. The number of benzene rings is 1. The van der Waals surface area contributed by atoms with E-state index in [9.17, 15) is 4.79 Å². The highest BCUT2D eigenvalue weighted by Crippen LogP contribution is 2.26. The summed E-state index contributed by atoms with van der Waals surface area (Å²) in [5, 5.41) is 9.35. The molecule has 0 atom stereocenters. The van der Waals surface area contributed by atoms with Crippen LogP contribution in [0.5, 0.6) is 0 Å². The van der Waals surface area contributed by atoms with Gasteiger partial charge in [0.15, 0.2) is 0 Å². The average molecular weight is 276 g/mol. The standard InChI is InChI=1S/C15H14ClNO2/c1-10-9-12(7-8-15(18)19)11(2)17(10)14-6-4-3-5-13(14)16/h3-9H,1-2H3,(H,18,19)/b8-7+. The zero-order valence-electron chi connectivity index (χ0n) is 10.7. The predicted octanol–water partition coefficient (Wildman–Crippen LogP) is 3.85. The summed E-state index contributed by atoms with van der Waals surface area (Å²) in [6.07, 6.45) is 2.73. The van der Waals surface area contributed by atoms with Gasteiger partial charge in [0.2, 0.25) is 0 Å². The van der Waals surface area contributed by atoms with E-state index in [1.807, 2.05) is 48.7 Å². The van der Waals surface area contributed by atoms with Crippen molar-refractivity contribution in [1.82, 2.24) is 4.57 Å². The van der Waals surface area contributed by atoms with Crippen molar-refractivity contribution >= 4 is 23.6 Å². The molecule has 0 aliphatic heterocycles. The summed E-state index contributed by atoms with van der Waals surface area (Å²) >= 11 is 6.21. The van der Waals surface area contributed by atoms with Gasteiger partial charge < -0.3 is 9.67 Å². The van der Waals surface area contributed by atoms with Gasteiger partial charge in [0.1, 0.15) is 0 Å². The predicted molar refractivity (Wildman–Crippen MR) is 76.9 cm³/mol. The highest BCUT2D eigenvalue weighted by atomic mass is 35.5. The van der Waals surface area contributed by atoms with Crippen LogP contribution in [-0.4, -0.2) is 15.6 Å². The normalized spacial score (nSPS) is 11.1. The Balaban J connectivity index is 2.54. The molecule has 0 bridgehead atoms. The highest BCUT2D eigenvalue weighted by Gasteiger charge is 2.11. The van der Waals surface area contributed by atoms with Gasteiger partial charge in [0, 0.05) is 17.5 Å². The molecule has 3 nitrogen and oxygen atoms in total. The van der Waals surface area contributed by atoms with Crippen molar-refractivity contribution in [2.75, 3.05) is 0 Å². The Morgan fingerprint density at radius 3 is 2.63 bits per heavy atom. The number of carbonyl (C=O) groups is 1. The first-order valence-electron chi connectivity index (χ1n) is 5.85. The van der Waals surface area contributed by atoms with Gasteiger partial charge in [-0.1, -0.05) is 23.7 Å². The van der Waals surface area contributed by atoms with Gasteiger partial charge in [-0.25, -0.2) is 4.79 Å². The third-order valence-electron chi connectivity index (χ3n) is 2.97. The Kier molecular flexibility index (Phi) is 3.76. The molecule has 1 N–H and O–H groups in total. The fourth-order valence-electron chi connectivity index (χ4n) is 2.12. The molecule has 0 saturated heterocycles. The molecule has 0 radical (unpaired) electrons. The number of halogens is 1. The maximum Gasteiger partial charge on any atom is 0.328 e. The second kappa shape index (κ2) is 5.33. The minimum atomic E-state index is -0.956. The minimum Gasteiger partial charge on any atom is -0.478 e. The van der Waals surface area contributed by atoms with Crippen LogP contribution in [-0.2, 0) is 4.79 Å². The van der Waals surface area contributed by atoms with E-state index in [-0.39, 0.29) is 0 Å². The first kappa shape index (κ1) is 13.4. The Hall–Kier alpha value is -2.00. The third kappa shape index (κ3) is 2.71. The van der Waals surface area contributed by atoms with Gasteiger partial charge in [-0.05, 0) is 43.7 Å². The van der Waals surface area contributed by atoms with Gasteiger partial charge in [-0.2, -0.15) is 0 Å². The number of hydrogen-bond donors (Lipinski definition) is 1. The van der Waals surface area contributed by atoms with E-state index >= 15 is 0 Å². The summed E-state index contributed by atoms with van der Waals surface area (Å²) in [5.41, 5.74) is 3.74. The molecule has 0 spiro atoms. The van der Waals surface area contributed by atoms with E-state index in [1.54, 1.807) is 6.08 Å². The Morgan fingerprint density at radius 1 is 1.32 bits per heavy atom. The number of rotatable bonds is 3. The van der Waals surface area contributed by atoms with Crippen LogP contribution in [0.3, 0.4) is 0 Å². The second-order valence-corrected chi connectivity index (χ2v) is 4.69. The molecule has 0 aliphatic rings. The van der Waals surface area contributed by atoms with Gasteiger partial charge in [-0.15, -0.1) is 0 Å². The maximum atomic E-state index is 10.6. The van der Waals surface area contributed by atoms with E-state index in [1.165, 1.54) is 0 Å². The Bertz CT molecular complexity index is 656. The van der Waals surface area contributed by atoms with Crippen LogP contribution in [0.2, 0.25) is 5.02 Å². The van der Waals surface area contributed by atoms with E-state index < -0.39 is 5.97 Å². The van der Waals surface area contributed by atoms with Crippen LogP contribution in [0, 0.1) is 13.8 Å². The van der Waals surface area contributed by atoms with E-state index in [4.69, 9.17) is 16.7 Å². The van der Waals surface area contributed by atoms with Gasteiger partial charge in [0.05, 0.1) is 10.7 Å². The molecule has 0 saturated carbocycles. The van der Waals surface area contributed by atoms with E-state index in [0.717, 1.165) is 28.7 Å². The van der Waals surface area contributed by atoms with Crippen LogP contribution in [0.25, 0.3) is 11.8 Å². The van der Waals surface area contributed by atoms with Gasteiger partial charge >= 0.3 is 5.97 Å². The quantitative estimate of drug-likeness (QED) is 0.865. The molecule has 2 rings (SSSR count). The zero-order chi connectivity index (χ0) is 14.0. The molecular weight excluding hydrogens is 262 g/mol. The van der Waals surface area contributed by atoms with Crippen molar-refractivity contribution < 1.29 is 9.90 Å². The fraction of sp³-hybridized carbons (Fsp3) is 0.133. The lowest BCUT2D eigenvalue weighted by Crippen LogP contribution is -1.99. The lowest BCUT2D eigenvalue weighted by Gasteiger charge is -2.11. The zero-order valence-corrected chi connectivity index (χ0v) is 11.5. The van der Waals surface area contributed by atoms with Crippen molar-refractivity contribution in [3.63, 3.8) is 0 Å². The lowest BCUT2D eigenvalue weighted by molar-refractivity contribution is -0.131. The van der Waals surface area contributed by atoms with Crippen molar-refractivity contribution in [1.29, 1.82) is 0 Å². The second-order valence-electron chi connectivity index (χ2n) is 4.28. The number of carboxylic acid groups (broad SMARTS) is 1. The summed E-state index contributed by atoms with van der Waals surface area (Å²) < 4.78 is 2.02. The van der Waals surface area contributed by atoms with Gasteiger partial charge in [0.25, 0.3) is 0 Å². The van der Waals surface area contributed by atoms with Crippen LogP contribution < -0.4 is 0 Å². The fourth-order valence-corrected chi connectivity index (χ4v) is 2.34. The first-order chi connectivity index (χ1) is 9.00. The highest BCUT2D eigenvalue weighted by molar-refractivity contribution is 6.32. The summed E-state index contributed by atoms with van der Waals surface area (Å²) in [4.78, 5) is 10.6. The summed E-state index contributed by atoms with van der Waals surface area (Å²) in [6.45, 7) is 3.91. The minimum absolute atomic E-state index is 0.665. The van der Waals surface area contributed by atoms with Crippen molar-refractivity contribution in [3.05, 3.63) is 58.4 Å². The van der Waals surface area contributed by atoms with E-state index in [2.05, 4.69) is 0 Å². The van der Waals surface area contributed by atoms with Crippen LogP contribution >= 0.6 is 11.6 Å². The molecule has 1 heterocycles. The molecular formula is C15H14ClNO2. The molecule has 2 aromatic rings. The molecule has 1 aromatic heterocycles. The number of para-hydroxylation sites is 1. The number of hydrogen-bond acceptors (Lipinski definition) is 1. The maximum absolute atomic E-state index is 10.6. The number of aryl methyl sites for hydroxylation is 1. The first-order valence-corrected chi connectivity index (χ1v) is 6.23. The summed E-state index contributed by atoms with van der Waals surface area (Å²) in [7, 11) is 0. The molecule has 4 heteroatoms. The monoisotopic (exact) mass is 275 g/mol. The van der Waals surface area contributed by atoms with Crippen LogP contribution in [0.4, 0.5) is 0 Å². The van der Waals surface area contributed by atoms with Crippen LogP contribution in [0.1, 0.15) is 17.0 Å². The number of nitrogens with zero attached hydrogens (tertiary/aromatic N) is 1. The molecule has 1 aromatic carbocycles.